The van der Waals surface area contributed by atoms with Crippen molar-refractivity contribution in [3.05, 3.63) is 52.1 Å². The summed E-state index contributed by atoms with van der Waals surface area (Å²) in [6.45, 7) is 16.0. The van der Waals surface area contributed by atoms with Gasteiger partial charge in [0.05, 0.1) is 13.6 Å². The van der Waals surface area contributed by atoms with Gasteiger partial charge in [0.15, 0.2) is 34.8 Å². The van der Waals surface area contributed by atoms with Crippen molar-refractivity contribution in [3.63, 3.8) is 0 Å². The third-order valence-corrected chi connectivity index (χ3v) is 22.1. The summed E-state index contributed by atoms with van der Waals surface area (Å²) < 4.78 is 127. The normalized spacial score (nSPS) is 15.9. The van der Waals surface area contributed by atoms with Gasteiger partial charge in [-0.3, -0.25) is 0 Å². The molecular weight excluding hydrogens is 609 g/mol. The zero-order chi connectivity index (χ0) is 32.7. The molecule has 0 aliphatic heterocycles. The molecule has 1 aliphatic carbocycles. The summed E-state index contributed by atoms with van der Waals surface area (Å²) in [6.07, 6.45) is 3.63. The van der Waals surface area contributed by atoms with Crippen LogP contribution in [0.4, 0.5) is 35.1 Å². The van der Waals surface area contributed by atoms with Crippen molar-refractivity contribution >= 4 is 16.4 Å². The lowest BCUT2D eigenvalue weighted by atomic mass is 10.0. The Hall–Kier alpha value is -1.89. The molecule has 1 aliphatic rings. The molecule has 43 heavy (non-hydrogen) atoms. The average molecular weight is 653 g/mol. The van der Waals surface area contributed by atoms with Gasteiger partial charge in [0.25, 0.3) is 8.32 Å². The Labute approximate surface area is 252 Å². The topological polar surface area (TPSA) is 9.23 Å². The smallest absolute Gasteiger partial charge is 0.302 e. The third-order valence-electron chi connectivity index (χ3n) is 10.1. The molecule has 0 saturated heterocycles. The molecule has 242 valence electrons. The maximum atomic E-state index is 16.0. The van der Waals surface area contributed by atoms with E-state index in [-0.39, 0.29) is 11.6 Å². The molecule has 0 N–H and O–H groups in total. The SMILES string of the molecule is CC[Si](CC)(CC)CCCCCC[Si](Oc1c(F)c(F)c2c(c1F)C(F)(F)c1cc(F)c(F)c(F)c1-2)(C(C)C)C(C)(C)C. The first-order valence-corrected chi connectivity index (χ1v) is 20.4. The van der Waals surface area contributed by atoms with Crippen LogP contribution in [0.1, 0.15) is 92.2 Å². The number of unbranched alkanes of at least 4 members (excludes halogenated alkanes) is 3. The van der Waals surface area contributed by atoms with E-state index in [9.17, 15) is 13.2 Å². The molecule has 0 fully saturated rings. The van der Waals surface area contributed by atoms with Crippen LogP contribution >= 0.6 is 0 Å². The molecule has 1 nitrogen and oxygen atoms in total. The van der Waals surface area contributed by atoms with Crippen LogP contribution in [0.15, 0.2) is 6.07 Å². The van der Waals surface area contributed by atoms with E-state index < -0.39 is 90.3 Å². The number of benzene rings is 2. The molecule has 0 radical (unpaired) electrons. The van der Waals surface area contributed by atoms with Crippen LogP contribution in [-0.4, -0.2) is 16.4 Å². The van der Waals surface area contributed by atoms with Crippen molar-refractivity contribution in [3.8, 4) is 16.9 Å². The Morgan fingerprint density at radius 1 is 0.721 bits per heavy atom. The second-order valence-electron chi connectivity index (χ2n) is 13.4. The highest BCUT2D eigenvalue weighted by atomic mass is 28.4. The lowest BCUT2D eigenvalue weighted by molar-refractivity contribution is 0.0428. The zero-order valence-corrected chi connectivity index (χ0v) is 28.5. The highest BCUT2D eigenvalue weighted by Crippen LogP contribution is 2.57. The maximum absolute atomic E-state index is 16.0. The summed E-state index contributed by atoms with van der Waals surface area (Å²) in [4.78, 5) is 0. The molecule has 2 aromatic carbocycles. The Morgan fingerprint density at radius 2 is 1.23 bits per heavy atom. The van der Waals surface area contributed by atoms with Crippen LogP contribution in [0.5, 0.6) is 5.75 Å². The largest absolute Gasteiger partial charge is 0.539 e. The van der Waals surface area contributed by atoms with Crippen LogP contribution < -0.4 is 4.43 Å². The molecule has 1 atom stereocenters. The number of halogens is 8. The summed E-state index contributed by atoms with van der Waals surface area (Å²) in [7, 11) is -4.53. The van der Waals surface area contributed by atoms with Gasteiger partial charge in [0.2, 0.25) is 5.82 Å². The van der Waals surface area contributed by atoms with Gasteiger partial charge in [0, 0.05) is 16.7 Å². The average Bonchev–Trinajstić information content (AvgIpc) is 3.17. The summed E-state index contributed by atoms with van der Waals surface area (Å²) in [6, 6.07) is 5.42. The maximum Gasteiger partial charge on any atom is 0.302 e. The lowest BCUT2D eigenvalue weighted by Crippen LogP contribution is -2.53. The van der Waals surface area contributed by atoms with Crippen molar-refractivity contribution in [2.45, 2.75) is 128 Å². The molecule has 0 saturated carbocycles. The quantitative estimate of drug-likeness (QED) is 0.0688. The van der Waals surface area contributed by atoms with Crippen LogP contribution in [0.25, 0.3) is 11.1 Å². The summed E-state index contributed by atoms with van der Waals surface area (Å²) in [5.41, 5.74) is -6.27. The Kier molecular flexibility index (Phi) is 10.6. The van der Waals surface area contributed by atoms with E-state index in [1.807, 2.05) is 34.6 Å². The van der Waals surface area contributed by atoms with Gasteiger partial charge in [-0.1, -0.05) is 105 Å². The minimum Gasteiger partial charge on any atom is -0.539 e. The number of alkyl halides is 2. The first-order valence-electron chi connectivity index (χ1n) is 15.3. The molecule has 0 spiro atoms. The van der Waals surface area contributed by atoms with Gasteiger partial charge in [0.1, 0.15) is 0 Å². The van der Waals surface area contributed by atoms with E-state index in [4.69, 9.17) is 4.43 Å². The molecule has 0 heterocycles. The third kappa shape index (κ3) is 6.05. The highest BCUT2D eigenvalue weighted by molar-refractivity contribution is 6.79. The van der Waals surface area contributed by atoms with Crippen molar-refractivity contribution in [2.75, 3.05) is 0 Å². The van der Waals surface area contributed by atoms with Crippen molar-refractivity contribution < 1.29 is 39.5 Å². The second kappa shape index (κ2) is 12.8. The highest BCUT2D eigenvalue weighted by Gasteiger charge is 2.55. The lowest BCUT2D eigenvalue weighted by Gasteiger charge is -2.45. The van der Waals surface area contributed by atoms with Gasteiger partial charge >= 0.3 is 5.92 Å². The summed E-state index contributed by atoms with van der Waals surface area (Å²) in [5, 5.41) is -0.645. The second-order valence-corrected chi connectivity index (χ2v) is 24.1. The van der Waals surface area contributed by atoms with E-state index in [0.29, 0.717) is 12.5 Å². The Balaban J connectivity index is 2.01. The molecule has 0 bridgehead atoms. The van der Waals surface area contributed by atoms with Crippen LogP contribution in [-0.2, 0) is 5.92 Å². The first-order chi connectivity index (χ1) is 19.9. The monoisotopic (exact) mass is 652 g/mol. The van der Waals surface area contributed by atoms with E-state index in [0.717, 1.165) is 19.3 Å². The molecule has 2 aromatic rings. The number of hydrogen-bond donors (Lipinski definition) is 0. The number of hydrogen-bond acceptors (Lipinski definition) is 1. The van der Waals surface area contributed by atoms with Gasteiger partial charge < -0.3 is 4.43 Å². The van der Waals surface area contributed by atoms with Gasteiger partial charge in [-0.05, 0) is 22.7 Å². The molecule has 1 unspecified atom stereocenters. The van der Waals surface area contributed by atoms with Crippen LogP contribution in [0.2, 0.25) is 40.8 Å². The molecule has 0 aromatic heterocycles. The van der Waals surface area contributed by atoms with Crippen molar-refractivity contribution in [1.29, 1.82) is 0 Å². The molecule has 3 rings (SSSR count). The fraction of sp³-hybridized carbons (Fsp3) is 0.625. The zero-order valence-electron chi connectivity index (χ0n) is 26.5. The minimum absolute atomic E-state index is 0.0125. The predicted octanol–water partition coefficient (Wildman–Crippen LogP) is 12.2. The van der Waals surface area contributed by atoms with Crippen LogP contribution in [0.3, 0.4) is 0 Å². The first kappa shape index (κ1) is 35.6. The van der Waals surface area contributed by atoms with Gasteiger partial charge in [-0.2, -0.15) is 13.2 Å². The van der Waals surface area contributed by atoms with E-state index in [1.165, 1.54) is 24.2 Å². The number of rotatable bonds is 13. The van der Waals surface area contributed by atoms with Crippen molar-refractivity contribution in [1.82, 2.24) is 0 Å². The fourth-order valence-electron chi connectivity index (χ4n) is 7.04. The Morgan fingerprint density at radius 3 is 1.72 bits per heavy atom. The van der Waals surface area contributed by atoms with Gasteiger partial charge in [-0.15, -0.1) is 0 Å². The van der Waals surface area contributed by atoms with Crippen molar-refractivity contribution in [2.24, 2.45) is 0 Å². The number of fused-ring (bicyclic) bond motifs is 3. The van der Waals surface area contributed by atoms with E-state index >= 15 is 22.0 Å². The van der Waals surface area contributed by atoms with Gasteiger partial charge in [-0.25, -0.2) is 22.0 Å². The molecule has 11 heteroatoms. The molecule has 0 amide bonds. The predicted molar refractivity (Wildman–Crippen MR) is 161 cm³/mol. The fourth-order valence-corrected chi connectivity index (χ4v) is 15.6. The van der Waals surface area contributed by atoms with E-state index in [1.54, 1.807) is 0 Å². The Bertz CT molecular complexity index is 1330. The summed E-state index contributed by atoms with van der Waals surface area (Å²) >= 11 is 0. The minimum atomic E-state index is -4.46. The standard InChI is InChI=1S/C32H44F8OSi2/c1-9-42(10-2,11-3)16-14-12-13-15-17-43(19(4)5,31(6,7)8)41-30-28(37)24-23(27(36)29(30)38)22-20(32(24,39)40)18-21(33)25(34)26(22)35/h18-19H,9-17H2,1-8H3. The van der Waals surface area contributed by atoms with Crippen LogP contribution in [0, 0.1) is 34.9 Å². The van der Waals surface area contributed by atoms with E-state index in [2.05, 4.69) is 20.8 Å². The molecular formula is C32H44F8OSi2. The summed E-state index contributed by atoms with van der Waals surface area (Å²) in [5.74, 6) is -17.8.